The molecule has 0 radical (unpaired) electrons. The van der Waals surface area contributed by atoms with Gasteiger partial charge in [0.1, 0.15) is 0 Å². The Morgan fingerprint density at radius 2 is 2.23 bits per heavy atom. The molecule has 3 N–H and O–H groups in total. The Hall–Kier alpha value is -0.540. The normalized spacial score (nSPS) is 13.4. The molecule has 0 fully saturated rings. The van der Waals surface area contributed by atoms with E-state index >= 15 is 0 Å². The van der Waals surface area contributed by atoms with Crippen molar-refractivity contribution in [3.05, 3.63) is 11.6 Å². The molecule has 0 amide bonds. The minimum Gasteiger partial charge on any atom is -0.481 e. The van der Waals surface area contributed by atoms with E-state index in [2.05, 4.69) is 0 Å². The molecule has 0 saturated carbocycles. The number of rotatable bonds is 7. The number of carboxylic acids is 1. The minimum atomic E-state index is -0.758. The van der Waals surface area contributed by atoms with Crippen molar-refractivity contribution in [1.82, 2.24) is 0 Å². The first-order chi connectivity index (χ1) is 6.22. The average Bonchev–Trinajstić information content (AvgIpc) is 2.10. The van der Waals surface area contributed by atoms with Crippen LogP contribution >= 0.6 is 11.6 Å². The van der Waals surface area contributed by atoms with E-state index in [4.69, 9.17) is 22.4 Å². The fraction of sp³-hybridized carbons (Fsp3) is 0.667. The van der Waals surface area contributed by atoms with Crippen molar-refractivity contribution in [1.29, 1.82) is 0 Å². The zero-order valence-corrected chi connectivity index (χ0v) is 8.33. The summed E-state index contributed by atoms with van der Waals surface area (Å²) >= 11 is 5.32. The van der Waals surface area contributed by atoms with E-state index in [1.807, 2.05) is 0 Å². The highest BCUT2D eigenvalue weighted by molar-refractivity contribution is 6.25. The summed E-state index contributed by atoms with van der Waals surface area (Å²) in [6.45, 7) is 0.623. The zero-order chi connectivity index (χ0) is 10.1. The largest absolute Gasteiger partial charge is 0.481 e. The molecule has 3 nitrogen and oxygen atoms in total. The zero-order valence-electron chi connectivity index (χ0n) is 7.58. The number of nitrogens with two attached hydrogens (primary N) is 1. The molecular weight excluding hydrogens is 190 g/mol. The van der Waals surface area contributed by atoms with Crippen molar-refractivity contribution in [3.8, 4) is 0 Å². The fourth-order valence-corrected chi connectivity index (χ4v) is 1.20. The molecule has 0 aliphatic rings. The molecule has 4 heteroatoms. The maximum atomic E-state index is 10.7. The number of hydrogen-bond acceptors (Lipinski definition) is 2. The van der Waals surface area contributed by atoms with Gasteiger partial charge in [0.25, 0.3) is 0 Å². The summed E-state index contributed by atoms with van der Waals surface area (Å²) in [6, 6.07) is 0. The molecule has 0 aliphatic carbocycles. The maximum Gasteiger partial charge on any atom is 0.306 e. The second kappa shape index (κ2) is 8.08. The molecule has 0 aromatic rings. The van der Waals surface area contributed by atoms with Gasteiger partial charge in [-0.2, -0.15) is 0 Å². The van der Waals surface area contributed by atoms with Gasteiger partial charge in [0.2, 0.25) is 0 Å². The summed E-state index contributed by atoms with van der Waals surface area (Å²) in [5, 5.41) is 8.79. The Bertz CT molecular complexity index is 171. The molecule has 0 spiro atoms. The molecule has 0 rings (SSSR count). The SMILES string of the molecule is NCCCCC(C/C=C/Cl)C(=O)O. The smallest absolute Gasteiger partial charge is 0.306 e. The number of hydrogen-bond donors (Lipinski definition) is 2. The number of aliphatic carboxylic acids is 1. The maximum absolute atomic E-state index is 10.7. The minimum absolute atomic E-state index is 0.318. The Morgan fingerprint density at radius 1 is 1.54 bits per heavy atom. The predicted octanol–water partition coefficient (Wildman–Crippen LogP) is 1.96. The number of carbonyl (C=O) groups is 1. The average molecular weight is 206 g/mol. The van der Waals surface area contributed by atoms with E-state index in [0.29, 0.717) is 19.4 Å². The number of allylic oxidation sites excluding steroid dienone is 1. The van der Waals surface area contributed by atoms with Crippen molar-refractivity contribution in [2.24, 2.45) is 11.7 Å². The Morgan fingerprint density at radius 3 is 2.69 bits per heavy atom. The van der Waals surface area contributed by atoms with Gasteiger partial charge in [-0.05, 0) is 25.8 Å². The van der Waals surface area contributed by atoms with Crippen molar-refractivity contribution >= 4 is 17.6 Å². The second-order valence-corrected chi connectivity index (χ2v) is 3.17. The quantitative estimate of drug-likeness (QED) is 0.625. The van der Waals surface area contributed by atoms with Gasteiger partial charge in [-0.25, -0.2) is 0 Å². The summed E-state index contributed by atoms with van der Waals surface area (Å²) in [5.41, 5.74) is 6.67. The van der Waals surface area contributed by atoms with Crippen LogP contribution in [0.15, 0.2) is 11.6 Å². The fourth-order valence-electron chi connectivity index (χ4n) is 1.09. The third kappa shape index (κ3) is 6.61. The van der Waals surface area contributed by atoms with Gasteiger partial charge in [-0.1, -0.05) is 24.1 Å². The van der Waals surface area contributed by atoms with Gasteiger partial charge >= 0.3 is 5.97 Å². The predicted molar refractivity (Wildman–Crippen MR) is 53.6 cm³/mol. The number of halogens is 1. The topological polar surface area (TPSA) is 63.3 Å². The molecule has 1 unspecified atom stereocenters. The van der Waals surface area contributed by atoms with Crippen molar-refractivity contribution in [2.75, 3.05) is 6.54 Å². The van der Waals surface area contributed by atoms with E-state index in [0.717, 1.165) is 12.8 Å². The van der Waals surface area contributed by atoms with E-state index in [1.165, 1.54) is 5.54 Å². The molecule has 0 aromatic heterocycles. The third-order valence-corrected chi connectivity index (χ3v) is 2.04. The third-order valence-electron chi connectivity index (χ3n) is 1.87. The molecule has 1 atom stereocenters. The van der Waals surface area contributed by atoms with E-state index in [9.17, 15) is 4.79 Å². The summed E-state index contributed by atoms with van der Waals surface area (Å²) in [6.07, 6.45) is 4.60. The summed E-state index contributed by atoms with van der Waals surface area (Å²) in [7, 11) is 0. The first-order valence-corrected chi connectivity index (χ1v) is 4.84. The molecule has 76 valence electrons. The second-order valence-electron chi connectivity index (χ2n) is 2.92. The lowest BCUT2D eigenvalue weighted by atomic mass is 9.99. The van der Waals surface area contributed by atoms with Crippen LogP contribution in [-0.4, -0.2) is 17.6 Å². The van der Waals surface area contributed by atoms with Crippen LogP contribution in [0, 0.1) is 5.92 Å². The molecule has 0 aliphatic heterocycles. The van der Waals surface area contributed by atoms with Gasteiger partial charge in [0.05, 0.1) is 5.92 Å². The Labute approximate surface area is 83.6 Å². The van der Waals surface area contributed by atoms with E-state index in [1.54, 1.807) is 6.08 Å². The standard InChI is InChI=1S/C9H16ClNO2/c10-6-3-5-8(9(12)13)4-1-2-7-11/h3,6,8H,1-2,4-5,7,11H2,(H,12,13)/b6-3+. The first-order valence-electron chi connectivity index (χ1n) is 4.40. The Kier molecular flexibility index (Phi) is 7.74. The molecule has 13 heavy (non-hydrogen) atoms. The van der Waals surface area contributed by atoms with Gasteiger partial charge in [-0.15, -0.1) is 0 Å². The highest BCUT2D eigenvalue weighted by Gasteiger charge is 2.14. The molecule has 0 saturated heterocycles. The summed E-state index contributed by atoms with van der Waals surface area (Å²) < 4.78 is 0. The molecule has 0 aromatic carbocycles. The first kappa shape index (κ1) is 12.5. The van der Waals surface area contributed by atoms with Crippen molar-refractivity contribution in [2.45, 2.75) is 25.7 Å². The lowest BCUT2D eigenvalue weighted by Crippen LogP contribution is -2.13. The van der Waals surface area contributed by atoms with Crippen molar-refractivity contribution in [3.63, 3.8) is 0 Å². The van der Waals surface area contributed by atoms with Crippen molar-refractivity contribution < 1.29 is 9.90 Å². The van der Waals surface area contributed by atoms with Crippen LogP contribution in [0.3, 0.4) is 0 Å². The lowest BCUT2D eigenvalue weighted by molar-refractivity contribution is -0.141. The van der Waals surface area contributed by atoms with Crippen LogP contribution in [0.25, 0.3) is 0 Å². The molecular formula is C9H16ClNO2. The lowest BCUT2D eigenvalue weighted by Gasteiger charge is -2.08. The highest BCUT2D eigenvalue weighted by atomic mass is 35.5. The number of carboxylic acid groups (broad SMARTS) is 1. The van der Waals surface area contributed by atoms with Crippen LogP contribution in [-0.2, 0) is 4.79 Å². The van der Waals surface area contributed by atoms with E-state index < -0.39 is 5.97 Å². The van der Waals surface area contributed by atoms with Crippen LogP contribution in [0.2, 0.25) is 0 Å². The van der Waals surface area contributed by atoms with Crippen LogP contribution in [0.1, 0.15) is 25.7 Å². The summed E-state index contributed by atoms with van der Waals surface area (Å²) in [4.78, 5) is 10.7. The molecule has 0 heterocycles. The van der Waals surface area contributed by atoms with Crippen LogP contribution in [0.4, 0.5) is 0 Å². The van der Waals surface area contributed by atoms with E-state index in [-0.39, 0.29) is 5.92 Å². The van der Waals surface area contributed by atoms with Gasteiger partial charge in [0.15, 0.2) is 0 Å². The monoisotopic (exact) mass is 205 g/mol. The van der Waals surface area contributed by atoms with Gasteiger partial charge < -0.3 is 10.8 Å². The molecule has 0 bridgehead atoms. The van der Waals surface area contributed by atoms with Crippen LogP contribution in [0.5, 0.6) is 0 Å². The number of unbranched alkanes of at least 4 members (excludes halogenated alkanes) is 1. The highest BCUT2D eigenvalue weighted by Crippen LogP contribution is 2.13. The Balaban J connectivity index is 3.74. The summed E-state index contributed by atoms with van der Waals surface area (Å²) in [5.74, 6) is -1.08. The van der Waals surface area contributed by atoms with Crippen LogP contribution < -0.4 is 5.73 Å². The van der Waals surface area contributed by atoms with Gasteiger partial charge in [-0.3, -0.25) is 4.79 Å². The van der Waals surface area contributed by atoms with Gasteiger partial charge in [0, 0.05) is 5.54 Å².